The molecule has 0 aliphatic heterocycles. The Labute approximate surface area is 110 Å². The van der Waals surface area contributed by atoms with Gasteiger partial charge in [0, 0.05) is 11.7 Å². The normalized spacial score (nSPS) is 10.4. The van der Waals surface area contributed by atoms with Gasteiger partial charge in [-0.2, -0.15) is 0 Å². The fraction of sp³-hybridized carbons (Fsp3) is 0.500. The molecule has 0 radical (unpaired) electrons. The highest BCUT2D eigenvalue weighted by Gasteiger charge is 2.07. The number of para-hydroxylation sites is 1. The Morgan fingerprint density at radius 3 is 2.12 bits per heavy atom. The fourth-order valence-corrected chi connectivity index (χ4v) is 2.15. The smallest absolute Gasteiger partial charge is 0.170 e. The number of thiocarbonyl (C=S) groups is 1. The van der Waals surface area contributed by atoms with Crippen LogP contribution in [0.1, 0.15) is 38.8 Å². The first kappa shape index (κ1) is 14.0. The maximum atomic E-state index is 5.31. The second-order valence-corrected chi connectivity index (χ2v) is 4.82. The van der Waals surface area contributed by atoms with Crippen molar-refractivity contribution in [2.75, 3.05) is 5.32 Å². The molecular formula is C14H22N2S. The molecule has 0 spiro atoms. The van der Waals surface area contributed by atoms with E-state index in [9.17, 15) is 0 Å². The van der Waals surface area contributed by atoms with E-state index in [1.54, 1.807) is 0 Å². The van der Waals surface area contributed by atoms with Gasteiger partial charge in [0.1, 0.15) is 0 Å². The Morgan fingerprint density at radius 2 is 1.71 bits per heavy atom. The van der Waals surface area contributed by atoms with E-state index in [2.05, 4.69) is 56.5 Å². The van der Waals surface area contributed by atoms with Gasteiger partial charge in [-0.3, -0.25) is 0 Å². The molecule has 0 aromatic heterocycles. The molecule has 1 rings (SSSR count). The van der Waals surface area contributed by atoms with E-state index in [-0.39, 0.29) is 0 Å². The molecule has 2 N–H and O–H groups in total. The van der Waals surface area contributed by atoms with Gasteiger partial charge < -0.3 is 10.6 Å². The molecule has 0 unspecified atom stereocenters. The third-order valence-electron chi connectivity index (χ3n) is 2.66. The van der Waals surface area contributed by atoms with Gasteiger partial charge in [0.2, 0.25) is 0 Å². The molecule has 2 nitrogen and oxygen atoms in total. The van der Waals surface area contributed by atoms with E-state index in [4.69, 9.17) is 12.2 Å². The van der Waals surface area contributed by atoms with Crippen molar-refractivity contribution in [3.05, 3.63) is 29.3 Å². The van der Waals surface area contributed by atoms with Gasteiger partial charge in [-0.05, 0) is 50.0 Å². The van der Waals surface area contributed by atoms with Crippen LogP contribution in [-0.2, 0) is 12.8 Å². The van der Waals surface area contributed by atoms with Crippen molar-refractivity contribution in [3.8, 4) is 0 Å². The topological polar surface area (TPSA) is 24.1 Å². The molecule has 0 fully saturated rings. The van der Waals surface area contributed by atoms with Crippen LogP contribution < -0.4 is 10.6 Å². The standard InChI is InChI=1S/C14H22N2S/c1-5-11-8-7-9-12(6-2)13(11)16-14(17)15-10(3)4/h7-10H,5-6H2,1-4H3,(H2,15,16,17). The highest BCUT2D eigenvalue weighted by Crippen LogP contribution is 2.22. The Balaban J connectivity index is 2.91. The molecule has 0 bridgehead atoms. The summed E-state index contributed by atoms with van der Waals surface area (Å²) in [5.74, 6) is 0. The average molecular weight is 250 g/mol. The summed E-state index contributed by atoms with van der Waals surface area (Å²) in [6.45, 7) is 8.50. The zero-order valence-electron chi connectivity index (χ0n) is 11.1. The van der Waals surface area contributed by atoms with Crippen LogP contribution in [-0.4, -0.2) is 11.2 Å². The molecular weight excluding hydrogens is 228 g/mol. The van der Waals surface area contributed by atoms with Crippen molar-refractivity contribution in [2.45, 2.75) is 46.6 Å². The molecule has 0 amide bonds. The summed E-state index contributed by atoms with van der Waals surface area (Å²) in [6, 6.07) is 6.77. The van der Waals surface area contributed by atoms with Gasteiger partial charge >= 0.3 is 0 Å². The molecule has 1 aromatic rings. The maximum Gasteiger partial charge on any atom is 0.170 e. The second kappa shape index (κ2) is 6.60. The van der Waals surface area contributed by atoms with Crippen molar-refractivity contribution >= 4 is 23.0 Å². The lowest BCUT2D eigenvalue weighted by molar-refractivity contribution is 0.739. The van der Waals surface area contributed by atoms with Crippen molar-refractivity contribution < 1.29 is 0 Å². The third kappa shape index (κ3) is 4.00. The van der Waals surface area contributed by atoms with Gasteiger partial charge in [0.15, 0.2) is 5.11 Å². The molecule has 0 atom stereocenters. The summed E-state index contributed by atoms with van der Waals surface area (Å²) < 4.78 is 0. The first-order valence-electron chi connectivity index (χ1n) is 6.26. The predicted octanol–water partition coefficient (Wildman–Crippen LogP) is 3.51. The lowest BCUT2D eigenvalue weighted by Gasteiger charge is -2.18. The number of benzene rings is 1. The van der Waals surface area contributed by atoms with Crippen molar-refractivity contribution in [1.82, 2.24) is 5.32 Å². The number of nitrogens with one attached hydrogen (secondary N) is 2. The van der Waals surface area contributed by atoms with Crippen molar-refractivity contribution in [2.24, 2.45) is 0 Å². The highest BCUT2D eigenvalue weighted by atomic mass is 32.1. The minimum absolute atomic E-state index is 0.355. The van der Waals surface area contributed by atoms with Gasteiger partial charge in [-0.15, -0.1) is 0 Å². The van der Waals surface area contributed by atoms with Crippen LogP contribution in [0.3, 0.4) is 0 Å². The van der Waals surface area contributed by atoms with E-state index in [1.165, 1.54) is 16.8 Å². The second-order valence-electron chi connectivity index (χ2n) is 4.41. The molecule has 94 valence electrons. The van der Waals surface area contributed by atoms with E-state index in [0.717, 1.165) is 12.8 Å². The van der Waals surface area contributed by atoms with Gasteiger partial charge in [0.05, 0.1) is 0 Å². The van der Waals surface area contributed by atoms with E-state index in [0.29, 0.717) is 11.2 Å². The maximum absolute atomic E-state index is 5.31. The molecule has 0 heterocycles. The van der Waals surface area contributed by atoms with Crippen LogP contribution in [0.4, 0.5) is 5.69 Å². The SMILES string of the molecule is CCc1cccc(CC)c1NC(=S)NC(C)C. The van der Waals surface area contributed by atoms with Crippen LogP contribution in [0.5, 0.6) is 0 Å². The Kier molecular flexibility index (Phi) is 5.42. The highest BCUT2D eigenvalue weighted by molar-refractivity contribution is 7.80. The van der Waals surface area contributed by atoms with E-state index >= 15 is 0 Å². The molecule has 0 aliphatic rings. The number of aryl methyl sites for hydroxylation is 2. The summed E-state index contributed by atoms with van der Waals surface area (Å²) >= 11 is 5.31. The number of hydrogen-bond acceptors (Lipinski definition) is 1. The lowest BCUT2D eigenvalue weighted by Crippen LogP contribution is -2.34. The molecule has 1 aromatic carbocycles. The molecule has 17 heavy (non-hydrogen) atoms. The number of anilines is 1. The summed E-state index contributed by atoms with van der Waals surface area (Å²) in [5.41, 5.74) is 3.81. The van der Waals surface area contributed by atoms with E-state index < -0.39 is 0 Å². The van der Waals surface area contributed by atoms with Crippen molar-refractivity contribution in [1.29, 1.82) is 0 Å². The van der Waals surface area contributed by atoms with Gasteiger partial charge in [-0.1, -0.05) is 32.0 Å². The third-order valence-corrected chi connectivity index (χ3v) is 2.88. The molecule has 0 aliphatic carbocycles. The van der Waals surface area contributed by atoms with Crippen LogP contribution >= 0.6 is 12.2 Å². The first-order valence-corrected chi connectivity index (χ1v) is 6.67. The quantitative estimate of drug-likeness (QED) is 0.800. The summed E-state index contributed by atoms with van der Waals surface area (Å²) in [7, 11) is 0. The largest absolute Gasteiger partial charge is 0.360 e. The average Bonchev–Trinajstić information content (AvgIpc) is 2.28. The molecule has 0 saturated carbocycles. The number of rotatable bonds is 4. The summed E-state index contributed by atoms with van der Waals surface area (Å²) in [6.07, 6.45) is 2.03. The van der Waals surface area contributed by atoms with Gasteiger partial charge in [0.25, 0.3) is 0 Å². The van der Waals surface area contributed by atoms with Gasteiger partial charge in [-0.25, -0.2) is 0 Å². The Hall–Kier alpha value is -1.09. The number of hydrogen-bond donors (Lipinski definition) is 2. The monoisotopic (exact) mass is 250 g/mol. The van der Waals surface area contributed by atoms with Crippen molar-refractivity contribution in [3.63, 3.8) is 0 Å². The summed E-state index contributed by atoms with van der Waals surface area (Å²) in [4.78, 5) is 0. The van der Waals surface area contributed by atoms with Crippen LogP contribution in [0, 0.1) is 0 Å². The molecule has 0 saturated heterocycles. The van der Waals surface area contributed by atoms with E-state index in [1.807, 2.05) is 0 Å². The lowest BCUT2D eigenvalue weighted by atomic mass is 10.0. The molecule has 3 heteroatoms. The first-order chi connectivity index (χ1) is 8.08. The zero-order valence-corrected chi connectivity index (χ0v) is 11.9. The van der Waals surface area contributed by atoms with Crippen LogP contribution in [0.25, 0.3) is 0 Å². The summed E-state index contributed by atoms with van der Waals surface area (Å²) in [5, 5.41) is 7.25. The minimum Gasteiger partial charge on any atom is -0.360 e. The fourth-order valence-electron chi connectivity index (χ4n) is 1.81. The minimum atomic E-state index is 0.355. The Morgan fingerprint density at radius 1 is 1.18 bits per heavy atom. The predicted molar refractivity (Wildman–Crippen MR) is 79.7 cm³/mol. The van der Waals surface area contributed by atoms with Crippen LogP contribution in [0.2, 0.25) is 0 Å². The van der Waals surface area contributed by atoms with Crippen LogP contribution in [0.15, 0.2) is 18.2 Å². The Bertz CT molecular complexity index is 364. The zero-order chi connectivity index (χ0) is 12.8.